The summed E-state index contributed by atoms with van der Waals surface area (Å²) in [6, 6.07) is 17.3. The highest BCUT2D eigenvalue weighted by molar-refractivity contribution is 5.93. The normalized spacial score (nSPS) is 12.8. The van der Waals surface area contributed by atoms with Gasteiger partial charge in [-0.1, -0.05) is 36.4 Å². The lowest BCUT2D eigenvalue weighted by Gasteiger charge is -2.22. The molecule has 3 amide bonds. The molecule has 0 saturated heterocycles. The third-order valence-electron chi connectivity index (χ3n) is 5.32. The fraction of sp³-hybridized carbons (Fsp3) is 0.320. The Labute approximate surface area is 193 Å². The molecule has 1 heterocycles. The van der Waals surface area contributed by atoms with Crippen molar-refractivity contribution >= 4 is 17.9 Å². The van der Waals surface area contributed by atoms with Crippen molar-refractivity contribution in [2.45, 2.75) is 32.7 Å². The number of urea groups is 1. The van der Waals surface area contributed by atoms with Gasteiger partial charge in [0, 0.05) is 30.4 Å². The van der Waals surface area contributed by atoms with Crippen LogP contribution >= 0.6 is 0 Å². The lowest BCUT2D eigenvalue weighted by molar-refractivity contribution is -0.116. The van der Waals surface area contributed by atoms with E-state index in [1.807, 2.05) is 79.2 Å². The maximum Gasteiger partial charge on any atom is 0.318 e. The minimum atomic E-state index is -0.291. The largest absolute Gasteiger partial charge is 0.494 e. The highest BCUT2D eigenvalue weighted by atomic mass is 16.5. The van der Waals surface area contributed by atoms with Crippen LogP contribution in [0.5, 0.6) is 5.75 Å². The van der Waals surface area contributed by atoms with E-state index in [1.54, 1.807) is 4.90 Å². The summed E-state index contributed by atoms with van der Waals surface area (Å²) in [6.45, 7) is 4.85. The lowest BCUT2D eigenvalue weighted by atomic mass is 10.2. The minimum absolute atomic E-state index is 0.0248. The maximum atomic E-state index is 13.0. The number of nitrogens with zero attached hydrogens (tertiary/aromatic N) is 3. The van der Waals surface area contributed by atoms with Gasteiger partial charge in [-0.05, 0) is 38.8 Å². The summed E-state index contributed by atoms with van der Waals surface area (Å²) in [5.41, 5.74) is 2.49. The average Bonchev–Trinajstić information content (AvgIpc) is 3.58. The third-order valence-corrected chi connectivity index (χ3v) is 5.32. The van der Waals surface area contributed by atoms with Gasteiger partial charge in [-0.15, -0.1) is 0 Å². The number of benzene rings is 2. The Morgan fingerprint density at radius 2 is 1.91 bits per heavy atom. The number of carbonyl (C=O) groups is 2. The van der Waals surface area contributed by atoms with Crippen molar-refractivity contribution in [3.05, 3.63) is 60.8 Å². The van der Waals surface area contributed by atoms with E-state index in [2.05, 4.69) is 10.6 Å². The molecule has 172 valence electrons. The van der Waals surface area contributed by atoms with Gasteiger partial charge in [-0.2, -0.15) is 0 Å². The Bertz CT molecular complexity index is 1110. The van der Waals surface area contributed by atoms with Crippen LogP contribution in [0.2, 0.25) is 0 Å². The molecule has 0 bridgehead atoms. The van der Waals surface area contributed by atoms with E-state index in [0.29, 0.717) is 19.1 Å². The summed E-state index contributed by atoms with van der Waals surface area (Å²) in [7, 11) is 0. The number of aromatic nitrogens is 2. The standard InChI is InChI=1S/C25H29N5O3/c1-3-26-25(32)30(19-13-14-19)17-23(31)28-24-27-22(18-9-6-5-7-10-18)16-29(24)20-11-8-12-21(15-20)33-4-2/h5-12,15-16,19H,3-4,13-14,17H2,1-2H3,(H,26,32)(H,27,28,31). The molecule has 1 saturated carbocycles. The molecule has 8 nitrogen and oxygen atoms in total. The molecule has 1 aliphatic carbocycles. The highest BCUT2D eigenvalue weighted by Crippen LogP contribution is 2.28. The molecule has 2 aromatic carbocycles. The van der Waals surface area contributed by atoms with Gasteiger partial charge < -0.3 is 15.0 Å². The molecule has 4 rings (SSSR count). The van der Waals surface area contributed by atoms with Crippen LogP contribution in [0.4, 0.5) is 10.7 Å². The molecule has 0 unspecified atom stereocenters. The van der Waals surface area contributed by atoms with Crippen molar-refractivity contribution in [1.82, 2.24) is 19.8 Å². The van der Waals surface area contributed by atoms with E-state index in [4.69, 9.17) is 9.72 Å². The van der Waals surface area contributed by atoms with Crippen LogP contribution in [-0.4, -0.2) is 52.1 Å². The second kappa shape index (κ2) is 10.2. The Morgan fingerprint density at radius 3 is 2.61 bits per heavy atom. The van der Waals surface area contributed by atoms with E-state index in [0.717, 1.165) is 35.5 Å². The smallest absolute Gasteiger partial charge is 0.318 e. The quantitative estimate of drug-likeness (QED) is 0.518. The second-order valence-corrected chi connectivity index (χ2v) is 7.86. The molecular formula is C25H29N5O3. The predicted octanol–water partition coefficient (Wildman–Crippen LogP) is 4.07. The molecule has 8 heteroatoms. The molecule has 33 heavy (non-hydrogen) atoms. The first kappa shape index (κ1) is 22.4. The molecule has 0 aliphatic heterocycles. The first-order valence-electron chi connectivity index (χ1n) is 11.3. The average molecular weight is 448 g/mol. The summed E-state index contributed by atoms with van der Waals surface area (Å²) in [4.78, 5) is 31.6. The number of carbonyl (C=O) groups excluding carboxylic acids is 2. The Balaban J connectivity index is 1.62. The number of imidazole rings is 1. The lowest BCUT2D eigenvalue weighted by Crippen LogP contribution is -2.45. The Hall–Kier alpha value is -3.81. The number of rotatable bonds is 9. The molecule has 0 spiro atoms. The van der Waals surface area contributed by atoms with Gasteiger partial charge in [0.1, 0.15) is 12.3 Å². The Morgan fingerprint density at radius 1 is 1.12 bits per heavy atom. The van der Waals surface area contributed by atoms with E-state index in [-0.39, 0.29) is 24.5 Å². The van der Waals surface area contributed by atoms with Crippen molar-refractivity contribution in [3.8, 4) is 22.7 Å². The monoisotopic (exact) mass is 447 g/mol. The zero-order valence-electron chi connectivity index (χ0n) is 19.0. The Kier molecular flexibility index (Phi) is 6.92. The van der Waals surface area contributed by atoms with Crippen LogP contribution in [0.15, 0.2) is 60.8 Å². The highest BCUT2D eigenvalue weighted by Gasteiger charge is 2.34. The van der Waals surface area contributed by atoms with Crippen molar-refractivity contribution < 1.29 is 14.3 Å². The number of nitrogens with one attached hydrogen (secondary N) is 2. The van der Waals surface area contributed by atoms with Crippen molar-refractivity contribution in [1.29, 1.82) is 0 Å². The van der Waals surface area contributed by atoms with Gasteiger partial charge >= 0.3 is 6.03 Å². The molecule has 0 atom stereocenters. The predicted molar refractivity (Wildman–Crippen MR) is 128 cm³/mol. The van der Waals surface area contributed by atoms with E-state index >= 15 is 0 Å². The maximum absolute atomic E-state index is 13.0. The van der Waals surface area contributed by atoms with Crippen molar-refractivity contribution in [2.24, 2.45) is 0 Å². The molecular weight excluding hydrogens is 418 g/mol. The van der Waals surface area contributed by atoms with Crippen LogP contribution in [-0.2, 0) is 4.79 Å². The molecule has 0 radical (unpaired) electrons. The first-order valence-corrected chi connectivity index (χ1v) is 11.3. The van der Waals surface area contributed by atoms with Crippen molar-refractivity contribution in [3.63, 3.8) is 0 Å². The molecule has 1 aromatic heterocycles. The SMILES string of the molecule is CCNC(=O)N(CC(=O)Nc1nc(-c2ccccc2)cn1-c1cccc(OCC)c1)C1CC1. The number of hydrogen-bond donors (Lipinski definition) is 2. The fourth-order valence-corrected chi connectivity index (χ4v) is 3.63. The second-order valence-electron chi connectivity index (χ2n) is 7.86. The van der Waals surface area contributed by atoms with Gasteiger partial charge in [0.15, 0.2) is 0 Å². The first-order chi connectivity index (χ1) is 16.1. The van der Waals surface area contributed by atoms with E-state index in [1.165, 1.54) is 0 Å². The van der Waals surface area contributed by atoms with Gasteiger partial charge in [0.25, 0.3) is 0 Å². The third kappa shape index (κ3) is 5.52. The molecule has 3 aromatic rings. The van der Waals surface area contributed by atoms with Crippen LogP contribution in [0.1, 0.15) is 26.7 Å². The summed E-state index contributed by atoms with van der Waals surface area (Å²) in [5.74, 6) is 0.832. The summed E-state index contributed by atoms with van der Waals surface area (Å²) in [6.07, 6.45) is 3.72. The van der Waals surface area contributed by atoms with Gasteiger partial charge in [0.2, 0.25) is 11.9 Å². The van der Waals surface area contributed by atoms with Gasteiger partial charge in [-0.25, -0.2) is 9.78 Å². The number of ether oxygens (including phenoxy) is 1. The van der Waals surface area contributed by atoms with Crippen LogP contribution in [0.3, 0.4) is 0 Å². The summed E-state index contributed by atoms with van der Waals surface area (Å²) in [5, 5.41) is 5.70. The minimum Gasteiger partial charge on any atom is -0.494 e. The number of anilines is 1. The fourth-order valence-electron chi connectivity index (χ4n) is 3.63. The van der Waals surface area contributed by atoms with Gasteiger partial charge in [0.05, 0.1) is 18.0 Å². The number of hydrogen-bond acceptors (Lipinski definition) is 4. The number of amides is 3. The van der Waals surface area contributed by atoms with E-state index in [9.17, 15) is 9.59 Å². The zero-order chi connectivity index (χ0) is 23.2. The summed E-state index contributed by atoms with van der Waals surface area (Å²) >= 11 is 0. The van der Waals surface area contributed by atoms with Gasteiger partial charge in [-0.3, -0.25) is 14.7 Å². The topological polar surface area (TPSA) is 88.5 Å². The molecule has 1 aliphatic rings. The van der Waals surface area contributed by atoms with Crippen molar-refractivity contribution in [2.75, 3.05) is 25.0 Å². The zero-order valence-corrected chi connectivity index (χ0v) is 19.0. The van der Waals surface area contributed by atoms with E-state index < -0.39 is 0 Å². The van der Waals surface area contributed by atoms with Crippen LogP contribution in [0.25, 0.3) is 16.9 Å². The van der Waals surface area contributed by atoms with Crippen LogP contribution in [0, 0.1) is 0 Å². The summed E-state index contributed by atoms with van der Waals surface area (Å²) < 4.78 is 7.47. The molecule has 1 fully saturated rings. The molecule has 2 N–H and O–H groups in total. The van der Waals surface area contributed by atoms with Crippen LogP contribution < -0.4 is 15.4 Å².